The third kappa shape index (κ3) is 5.62. The van der Waals surface area contributed by atoms with E-state index in [0.29, 0.717) is 17.9 Å². The number of nitrogens with one attached hydrogen (secondary N) is 1. The summed E-state index contributed by atoms with van der Waals surface area (Å²) in [7, 11) is 0. The van der Waals surface area contributed by atoms with Crippen molar-refractivity contribution in [3.63, 3.8) is 0 Å². The highest BCUT2D eigenvalue weighted by molar-refractivity contribution is 14.1. The molecule has 0 aliphatic carbocycles. The van der Waals surface area contributed by atoms with Gasteiger partial charge in [-0.1, -0.05) is 24.3 Å². The highest BCUT2D eigenvalue weighted by Gasteiger charge is 2.05. The second-order valence-corrected chi connectivity index (χ2v) is 6.90. The van der Waals surface area contributed by atoms with E-state index in [-0.39, 0.29) is 0 Å². The van der Waals surface area contributed by atoms with Gasteiger partial charge < -0.3 is 4.74 Å². The van der Waals surface area contributed by atoms with Crippen LogP contribution < -0.4 is 10.2 Å². The molecule has 3 rings (SSSR count). The maximum atomic E-state index is 12.9. The van der Waals surface area contributed by atoms with Crippen LogP contribution in [0.1, 0.15) is 21.5 Å². The summed E-state index contributed by atoms with van der Waals surface area (Å²) < 4.78 is 19.9. The van der Waals surface area contributed by atoms with Crippen molar-refractivity contribution in [3.05, 3.63) is 98.9 Å². The molecule has 0 aliphatic rings. The van der Waals surface area contributed by atoms with Crippen LogP contribution in [0.4, 0.5) is 4.39 Å². The second-order valence-electron chi connectivity index (χ2n) is 5.66. The lowest BCUT2D eigenvalue weighted by Crippen LogP contribution is -2.17. The van der Waals surface area contributed by atoms with Gasteiger partial charge >= 0.3 is 0 Å². The summed E-state index contributed by atoms with van der Waals surface area (Å²) in [5, 5.41) is 3.97. The van der Waals surface area contributed by atoms with E-state index in [1.807, 2.05) is 48.5 Å². The summed E-state index contributed by atoms with van der Waals surface area (Å²) in [5.41, 5.74) is 4.56. The Hall–Kier alpha value is -2.74. The number of amides is 1. The number of rotatable bonds is 6. The van der Waals surface area contributed by atoms with Gasteiger partial charge in [0.15, 0.2) is 0 Å². The van der Waals surface area contributed by atoms with E-state index in [1.54, 1.807) is 0 Å². The van der Waals surface area contributed by atoms with Crippen LogP contribution in [0, 0.1) is 9.39 Å². The molecule has 0 saturated carbocycles. The maximum Gasteiger partial charge on any atom is 0.271 e. The average molecular weight is 474 g/mol. The van der Waals surface area contributed by atoms with Crippen molar-refractivity contribution in [2.45, 2.75) is 6.61 Å². The highest BCUT2D eigenvalue weighted by atomic mass is 127. The number of para-hydroxylation sites is 1. The molecule has 0 heterocycles. The molecule has 136 valence electrons. The van der Waals surface area contributed by atoms with Crippen molar-refractivity contribution in [1.29, 1.82) is 0 Å². The fraction of sp³-hybridized carbons (Fsp3) is 0.0476. The molecule has 0 fully saturated rings. The first kappa shape index (κ1) is 19.0. The topological polar surface area (TPSA) is 50.7 Å². The van der Waals surface area contributed by atoms with Gasteiger partial charge in [0.1, 0.15) is 18.2 Å². The number of carbonyl (C=O) groups is 1. The molecule has 0 bridgehead atoms. The largest absolute Gasteiger partial charge is 0.488 e. The number of hydrazone groups is 1. The molecule has 6 heteroatoms. The zero-order chi connectivity index (χ0) is 19.1. The third-order valence-electron chi connectivity index (χ3n) is 3.70. The molecule has 3 aromatic rings. The molecule has 1 N–H and O–H groups in total. The van der Waals surface area contributed by atoms with Gasteiger partial charge in [-0.25, -0.2) is 9.82 Å². The van der Waals surface area contributed by atoms with Gasteiger partial charge in [0.05, 0.1) is 6.21 Å². The van der Waals surface area contributed by atoms with Gasteiger partial charge in [-0.3, -0.25) is 4.79 Å². The SMILES string of the molecule is O=C(N/N=C\c1ccccc1OCc1ccc(I)cc1)c1ccc(F)cc1. The Balaban J connectivity index is 1.62. The van der Waals surface area contributed by atoms with E-state index in [2.05, 4.69) is 33.1 Å². The van der Waals surface area contributed by atoms with Crippen LogP contribution in [0.2, 0.25) is 0 Å². The van der Waals surface area contributed by atoms with Crippen LogP contribution in [-0.2, 0) is 6.61 Å². The van der Waals surface area contributed by atoms with Crippen LogP contribution in [0.25, 0.3) is 0 Å². The fourth-order valence-corrected chi connectivity index (χ4v) is 2.65. The molecule has 3 aromatic carbocycles. The molecule has 0 unspecified atom stereocenters. The van der Waals surface area contributed by atoms with Crippen molar-refractivity contribution in [3.8, 4) is 5.75 Å². The van der Waals surface area contributed by atoms with Gasteiger partial charge in [0.25, 0.3) is 5.91 Å². The van der Waals surface area contributed by atoms with Crippen LogP contribution in [-0.4, -0.2) is 12.1 Å². The van der Waals surface area contributed by atoms with E-state index in [0.717, 1.165) is 11.1 Å². The molecule has 0 aliphatic heterocycles. The van der Waals surface area contributed by atoms with Gasteiger partial charge in [0, 0.05) is 14.7 Å². The molecule has 0 radical (unpaired) electrons. The summed E-state index contributed by atoms with van der Waals surface area (Å²) in [4.78, 5) is 12.0. The van der Waals surface area contributed by atoms with Gasteiger partial charge in [-0.05, 0) is 76.7 Å². The van der Waals surface area contributed by atoms with Crippen molar-refractivity contribution in [1.82, 2.24) is 5.43 Å². The monoisotopic (exact) mass is 474 g/mol. The second kappa shape index (κ2) is 9.27. The lowest BCUT2D eigenvalue weighted by molar-refractivity contribution is 0.0955. The standard InChI is InChI=1S/C21H16FIN2O2/c22-18-9-7-16(8-10-18)21(26)25-24-13-17-3-1-2-4-20(17)27-14-15-5-11-19(23)12-6-15/h1-13H,14H2,(H,25,26)/b24-13-. The van der Waals surface area contributed by atoms with Crippen LogP contribution >= 0.6 is 22.6 Å². The number of halogens is 2. The molecule has 0 atom stereocenters. The predicted molar refractivity (Wildman–Crippen MR) is 111 cm³/mol. The molecule has 0 spiro atoms. The van der Waals surface area contributed by atoms with E-state index in [4.69, 9.17) is 4.74 Å². The number of hydrogen-bond acceptors (Lipinski definition) is 3. The molecule has 0 saturated heterocycles. The first-order chi connectivity index (χ1) is 13.1. The van der Waals surface area contributed by atoms with E-state index in [1.165, 1.54) is 34.1 Å². The number of benzene rings is 3. The van der Waals surface area contributed by atoms with E-state index >= 15 is 0 Å². The van der Waals surface area contributed by atoms with Crippen molar-refractivity contribution in [2.24, 2.45) is 5.10 Å². The minimum absolute atomic E-state index is 0.330. The zero-order valence-corrected chi connectivity index (χ0v) is 16.4. The third-order valence-corrected chi connectivity index (χ3v) is 4.42. The quantitative estimate of drug-likeness (QED) is 0.318. The summed E-state index contributed by atoms with van der Waals surface area (Å²) in [6.45, 7) is 0.434. The van der Waals surface area contributed by atoms with E-state index < -0.39 is 11.7 Å². The van der Waals surface area contributed by atoms with Crippen LogP contribution in [0.15, 0.2) is 77.9 Å². The highest BCUT2D eigenvalue weighted by Crippen LogP contribution is 2.18. The molecule has 4 nitrogen and oxygen atoms in total. The van der Waals surface area contributed by atoms with Crippen LogP contribution in [0.3, 0.4) is 0 Å². The van der Waals surface area contributed by atoms with E-state index in [9.17, 15) is 9.18 Å². The lowest BCUT2D eigenvalue weighted by Gasteiger charge is -2.09. The summed E-state index contributed by atoms with van der Waals surface area (Å²) in [5.74, 6) is -0.145. The van der Waals surface area contributed by atoms with Crippen molar-refractivity contribution < 1.29 is 13.9 Å². The molecule has 1 amide bonds. The Morgan fingerprint density at radius 1 is 1.04 bits per heavy atom. The zero-order valence-electron chi connectivity index (χ0n) is 14.2. The fourth-order valence-electron chi connectivity index (χ4n) is 2.29. The number of hydrogen-bond donors (Lipinski definition) is 1. The summed E-state index contributed by atoms with van der Waals surface area (Å²) >= 11 is 2.26. The molecular weight excluding hydrogens is 458 g/mol. The number of carbonyl (C=O) groups excluding carboxylic acids is 1. The summed E-state index contributed by atoms with van der Waals surface area (Å²) in [6, 6.07) is 20.8. The Morgan fingerprint density at radius 3 is 2.48 bits per heavy atom. The normalized spacial score (nSPS) is 10.7. The van der Waals surface area contributed by atoms with Gasteiger partial charge in [-0.15, -0.1) is 0 Å². The van der Waals surface area contributed by atoms with Gasteiger partial charge in [-0.2, -0.15) is 5.10 Å². The Kier molecular flexibility index (Phi) is 6.54. The predicted octanol–water partition coefficient (Wildman–Crippen LogP) is 4.77. The molecule has 27 heavy (non-hydrogen) atoms. The van der Waals surface area contributed by atoms with Crippen LogP contribution in [0.5, 0.6) is 5.75 Å². The maximum absolute atomic E-state index is 12.9. The number of nitrogens with zero attached hydrogens (tertiary/aromatic N) is 1. The average Bonchev–Trinajstić information content (AvgIpc) is 2.69. The smallest absolute Gasteiger partial charge is 0.271 e. The minimum atomic E-state index is -0.413. The lowest BCUT2D eigenvalue weighted by atomic mass is 10.2. The Labute approximate surface area is 170 Å². The van der Waals surface area contributed by atoms with Crippen molar-refractivity contribution in [2.75, 3.05) is 0 Å². The molecular formula is C21H16FIN2O2. The first-order valence-electron chi connectivity index (χ1n) is 8.17. The first-order valence-corrected chi connectivity index (χ1v) is 9.25. The molecule has 0 aromatic heterocycles. The van der Waals surface area contributed by atoms with Gasteiger partial charge in [0.2, 0.25) is 0 Å². The Bertz CT molecular complexity index is 941. The summed E-state index contributed by atoms with van der Waals surface area (Å²) in [6.07, 6.45) is 1.52. The minimum Gasteiger partial charge on any atom is -0.488 e. The number of ether oxygens (including phenoxy) is 1. The Morgan fingerprint density at radius 2 is 1.74 bits per heavy atom. The van der Waals surface area contributed by atoms with Crippen molar-refractivity contribution >= 4 is 34.7 Å².